The summed E-state index contributed by atoms with van der Waals surface area (Å²) in [5.41, 5.74) is 1.80. The number of aromatic amines is 1. The average Bonchev–Trinajstić information content (AvgIpc) is 3.10. The van der Waals surface area contributed by atoms with E-state index in [-0.39, 0.29) is 0 Å². The number of nitrogens with one attached hydrogen (secondary N) is 2. The van der Waals surface area contributed by atoms with Crippen LogP contribution in [-0.4, -0.2) is 22.6 Å². The summed E-state index contributed by atoms with van der Waals surface area (Å²) < 4.78 is 0. The summed E-state index contributed by atoms with van der Waals surface area (Å²) in [7, 11) is 0. The van der Waals surface area contributed by atoms with Gasteiger partial charge in [-0.05, 0) is 18.9 Å². The van der Waals surface area contributed by atoms with Gasteiger partial charge in [-0.2, -0.15) is 0 Å². The number of halogens is 2. The fourth-order valence-electron chi connectivity index (χ4n) is 2.02. The zero-order valence-corrected chi connectivity index (χ0v) is 11.9. The van der Waals surface area contributed by atoms with E-state index in [4.69, 9.17) is 23.2 Å². The van der Waals surface area contributed by atoms with Crippen molar-refractivity contribution < 1.29 is 0 Å². The second-order valence-electron chi connectivity index (χ2n) is 4.82. The highest BCUT2D eigenvalue weighted by atomic mass is 35.5. The summed E-state index contributed by atoms with van der Waals surface area (Å²) >= 11 is 12.2. The fourth-order valence-corrected chi connectivity index (χ4v) is 2.42. The summed E-state index contributed by atoms with van der Waals surface area (Å²) in [6.07, 6.45) is 5.32. The molecule has 1 fully saturated rings. The van der Waals surface area contributed by atoms with Crippen LogP contribution >= 0.6 is 23.2 Å². The molecule has 1 aliphatic rings. The van der Waals surface area contributed by atoms with E-state index in [1.807, 2.05) is 18.3 Å². The molecule has 3 rings (SSSR count). The summed E-state index contributed by atoms with van der Waals surface area (Å²) in [5.74, 6) is 0.971. The molecule has 5 heteroatoms. The Balaban J connectivity index is 1.70. The first-order valence-corrected chi connectivity index (χ1v) is 7.21. The minimum absolute atomic E-state index is 0.561. The predicted octanol–water partition coefficient (Wildman–Crippen LogP) is 3.68. The number of hydrogen-bond donors (Lipinski definition) is 2. The van der Waals surface area contributed by atoms with E-state index in [9.17, 15) is 0 Å². The normalized spacial score (nSPS) is 14.8. The molecule has 0 unspecified atom stereocenters. The van der Waals surface area contributed by atoms with Gasteiger partial charge in [0.25, 0.3) is 0 Å². The highest BCUT2D eigenvalue weighted by molar-refractivity contribution is 6.43. The molecular weight excluding hydrogens is 281 g/mol. The van der Waals surface area contributed by atoms with Gasteiger partial charge in [0.05, 0.1) is 21.9 Å². The first kappa shape index (κ1) is 13.0. The molecule has 100 valence electrons. The number of aromatic nitrogens is 2. The van der Waals surface area contributed by atoms with Crippen molar-refractivity contribution in [2.45, 2.75) is 25.3 Å². The molecule has 0 bridgehead atoms. The molecule has 0 radical (unpaired) electrons. The molecule has 19 heavy (non-hydrogen) atoms. The van der Waals surface area contributed by atoms with Gasteiger partial charge in [-0.15, -0.1) is 0 Å². The minimum atomic E-state index is 0.561. The largest absolute Gasteiger partial charge is 0.342 e. The molecule has 1 aromatic carbocycles. The summed E-state index contributed by atoms with van der Waals surface area (Å²) in [5, 5.41) is 4.59. The third-order valence-corrected chi connectivity index (χ3v) is 4.06. The predicted molar refractivity (Wildman–Crippen MR) is 78.8 cm³/mol. The van der Waals surface area contributed by atoms with Crippen LogP contribution in [0.1, 0.15) is 18.7 Å². The van der Waals surface area contributed by atoms with Gasteiger partial charge >= 0.3 is 0 Å². The van der Waals surface area contributed by atoms with Gasteiger partial charge in [-0.25, -0.2) is 4.98 Å². The molecule has 2 aromatic rings. The summed E-state index contributed by atoms with van der Waals surface area (Å²) in [6, 6.07) is 6.34. The lowest BCUT2D eigenvalue weighted by Crippen LogP contribution is -2.19. The van der Waals surface area contributed by atoms with E-state index >= 15 is 0 Å². The summed E-state index contributed by atoms with van der Waals surface area (Å²) in [4.78, 5) is 7.68. The van der Waals surface area contributed by atoms with Gasteiger partial charge in [0.2, 0.25) is 0 Å². The number of H-pyrrole nitrogens is 1. The molecule has 1 saturated carbocycles. The highest BCUT2D eigenvalue weighted by Gasteiger charge is 2.19. The second-order valence-corrected chi connectivity index (χ2v) is 5.61. The molecule has 0 saturated heterocycles. The molecule has 0 atom stereocenters. The Morgan fingerprint density at radius 2 is 2.16 bits per heavy atom. The van der Waals surface area contributed by atoms with Crippen molar-refractivity contribution >= 4 is 23.2 Å². The Bertz CT molecular complexity index is 576. The van der Waals surface area contributed by atoms with Crippen molar-refractivity contribution in [2.75, 3.05) is 6.54 Å². The van der Waals surface area contributed by atoms with Gasteiger partial charge in [-0.3, -0.25) is 0 Å². The van der Waals surface area contributed by atoms with Crippen molar-refractivity contribution in [1.82, 2.24) is 15.3 Å². The third-order valence-electron chi connectivity index (χ3n) is 3.24. The molecule has 0 aliphatic heterocycles. The minimum Gasteiger partial charge on any atom is -0.342 e. The average molecular weight is 296 g/mol. The Hall–Kier alpha value is -1.03. The Labute approximate surface area is 122 Å². The third kappa shape index (κ3) is 3.11. The van der Waals surface area contributed by atoms with Crippen LogP contribution < -0.4 is 5.32 Å². The quantitative estimate of drug-likeness (QED) is 0.883. The van der Waals surface area contributed by atoms with E-state index in [0.717, 1.165) is 36.1 Å². The molecule has 0 spiro atoms. The maximum absolute atomic E-state index is 6.20. The van der Waals surface area contributed by atoms with Crippen LogP contribution in [0, 0.1) is 0 Å². The van der Waals surface area contributed by atoms with Crippen molar-refractivity contribution in [3.8, 4) is 11.3 Å². The smallest absolute Gasteiger partial charge is 0.107 e. The topological polar surface area (TPSA) is 40.7 Å². The van der Waals surface area contributed by atoms with Gasteiger partial charge in [0, 0.05) is 24.6 Å². The van der Waals surface area contributed by atoms with Crippen molar-refractivity contribution in [3.63, 3.8) is 0 Å². The molecular formula is C14H15Cl2N3. The highest BCUT2D eigenvalue weighted by Crippen LogP contribution is 2.32. The van der Waals surface area contributed by atoms with Gasteiger partial charge in [0.15, 0.2) is 0 Å². The van der Waals surface area contributed by atoms with Crippen molar-refractivity contribution in [2.24, 2.45) is 0 Å². The monoisotopic (exact) mass is 295 g/mol. The van der Waals surface area contributed by atoms with Crippen LogP contribution in [-0.2, 0) is 6.42 Å². The maximum Gasteiger partial charge on any atom is 0.107 e. The van der Waals surface area contributed by atoms with Gasteiger partial charge in [-0.1, -0.05) is 35.3 Å². The number of imidazole rings is 1. The zero-order chi connectivity index (χ0) is 13.2. The first-order chi connectivity index (χ1) is 9.24. The molecule has 3 nitrogen and oxygen atoms in total. The number of benzene rings is 1. The lowest BCUT2D eigenvalue weighted by Gasteiger charge is -2.03. The number of hydrogen-bond acceptors (Lipinski definition) is 2. The SMILES string of the molecule is Clc1cccc(-c2cnc(CCNC3CC3)[nH]2)c1Cl. The second kappa shape index (κ2) is 5.53. The standard InChI is InChI=1S/C14H15Cl2N3/c15-11-3-1-2-10(14(11)16)12-8-18-13(19-12)6-7-17-9-4-5-9/h1-3,8-9,17H,4-7H2,(H,18,19). The summed E-state index contributed by atoms with van der Waals surface area (Å²) in [6.45, 7) is 0.959. The fraction of sp³-hybridized carbons (Fsp3) is 0.357. The van der Waals surface area contributed by atoms with Crippen molar-refractivity contribution in [3.05, 3.63) is 40.3 Å². The van der Waals surface area contributed by atoms with E-state index in [0.29, 0.717) is 10.0 Å². The molecule has 2 N–H and O–H groups in total. The van der Waals surface area contributed by atoms with E-state index in [1.165, 1.54) is 12.8 Å². The maximum atomic E-state index is 6.20. The molecule has 1 heterocycles. The van der Waals surface area contributed by atoms with Crippen LogP contribution in [0.3, 0.4) is 0 Å². The Morgan fingerprint density at radius 3 is 2.95 bits per heavy atom. The van der Waals surface area contributed by atoms with E-state index in [2.05, 4.69) is 15.3 Å². The Kier molecular flexibility index (Phi) is 3.78. The molecule has 1 aromatic heterocycles. The lowest BCUT2D eigenvalue weighted by molar-refractivity contribution is 0.669. The van der Waals surface area contributed by atoms with Crippen LogP contribution in [0.4, 0.5) is 0 Å². The van der Waals surface area contributed by atoms with Crippen LogP contribution in [0.25, 0.3) is 11.3 Å². The number of rotatable bonds is 5. The van der Waals surface area contributed by atoms with E-state index < -0.39 is 0 Å². The zero-order valence-electron chi connectivity index (χ0n) is 10.4. The van der Waals surface area contributed by atoms with Crippen LogP contribution in [0.2, 0.25) is 10.0 Å². The Morgan fingerprint density at radius 1 is 1.32 bits per heavy atom. The number of nitrogens with zero attached hydrogens (tertiary/aromatic N) is 1. The van der Waals surface area contributed by atoms with Gasteiger partial charge in [0.1, 0.15) is 5.82 Å². The lowest BCUT2D eigenvalue weighted by atomic mass is 10.2. The van der Waals surface area contributed by atoms with Crippen LogP contribution in [0.15, 0.2) is 24.4 Å². The molecule has 1 aliphatic carbocycles. The van der Waals surface area contributed by atoms with E-state index in [1.54, 1.807) is 6.07 Å². The first-order valence-electron chi connectivity index (χ1n) is 6.45. The van der Waals surface area contributed by atoms with Gasteiger partial charge < -0.3 is 10.3 Å². The van der Waals surface area contributed by atoms with Crippen LogP contribution in [0.5, 0.6) is 0 Å². The molecule has 0 amide bonds. The van der Waals surface area contributed by atoms with Crippen molar-refractivity contribution in [1.29, 1.82) is 0 Å².